The number of hydrogen-bond acceptors (Lipinski definition) is 6. The Morgan fingerprint density at radius 1 is 1.36 bits per heavy atom. The first-order valence-electron chi connectivity index (χ1n) is 11.5. The van der Waals surface area contributed by atoms with E-state index in [4.69, 9.17) is 4.74 Å². The summed E-state index contributed by atoms with van der Waals surface area (Å²) in [4.78, 5) is 40.6. The first-order valence-corrected chi connectivity index (χ1v) is 11.5. The summed E-state index contributed by atoms with van der Waals surface area (Å²) in [5.74, 6) is -1.15. The van der Waals surface area contributed by atoms with Crippen molar-refractivity contribution in [3.63, 3.8) is 0 Å². The second-order valence-corrected chi connectivity index (χ2v) is 9.09. The summed E-state index contributed by atoms with van der Waals surface area (Å²) in [6, 6.07) is 0.0651. The number of nitrogens with zero attached hydrogens (tertiary/aromatic N) is 4. The van der Waals surface area contributed by atoms with E-state index in [0.717, 1.165) is 19.3 Å². The lowest BCUT2D eigenvalue weighted by Crippen LogP contribution is -2.47. The van der Waals surface area contributed by atoms with E-state index in [9.17, 15) is 19.5 Å². The summed E-state index contributed by atoms with van der Waals surface area (Å²) in [6.07, 6.45) is 7.06. The highest BCUT2D eigenvalue weighted by atomic mass is 16.5. The predicted octanol–water partition coefficient (Wildman–Crippen LogP) is 1.40. The number of hydrogen-bond donors (Lipinski definition) is 2. The summed E-state index contributed by atoms with van der Waals surface area (Å²) in [5, 5.41) is 17.7. The Morgan fingerprint density at radius 2 is 2.12 bits per heavy atom. The van der Waals surface area contributed by atoms with Crippen molar-refractivity contribution in [1.29, 1.82) is 0 Å². The lowest BCUT2D eigenvalue weighted by molar-refractivity contribution is -0.134. The van der Waals surface area contributed by atoms with Crippen LogP contribution in [0.4, 0.5) is 0 Å². The number of amides is 2. The normalized spacial score (nSPS) is 19.0. The molecule has 0 bridgehead atoms. The van der Waals surface area contributed by atoms with Crippen LogP contribution in [0.15, 0.2) is 17.1 Å². The van der Waals surface area contributed by atoms with Crippen molar-refractivity contribution in [1.82, 2.24) is 24.4 Å². The maximum absolute atomic E-state index is 13.3. The summed E-state index contributed by atoms with van der Waals surface area (Å²) >= 11 is 0. The number of fused-ring (bicyclic) bond motifs is 1. The minimum absolute atomic E-state index is 0.0236. The summed E-state index contributed by atoms with van der Waals surface area (Å²) in [7, 11) is 0. The molecule has 2 fully saturated rings. The second kappa shape index (κ2) is 9.38. The molecule has 1 saturated heterocycles. The molecule has 0 spiro atoms. The number of morpholine rings is 1. The maximum atomic E-state index is 13.3. The van der Waals surface area contributed by atoms with E-state index in [1.54, 1.807) is 11.0 Å². The van der Waals surface area contributed by atoms with Gasteiger partial charge in [0.05, 0.1) is 25.5 Å². The first-order chi connectivity index (χ1) is 15.8. The monoisotopic (exact) mass is 457 g/mol. The van der Waals surface area contributed by atoms with E-state index in [0.29, 0.717) is 37.5 Å². The van der Waals surface area contributed by atoms with Gasteiger partial charge in [-0.2, -0.15) is 9.61 Å². The SMILES string of the molecule is CC[C@@H]1COCCN1C(=O)/C=C/c1cnn2c(O)c(C(=O)NC3CC3)c(=O)n(CC(C)C)c12. The van der Waals surface area contributed by atoms with E-state index in [-0.39, 0.29) is 29.5 Å². The molecule has 1 aliphatic heterocycles. The molecule has 0 radical (unpaired) electrons. The zero-order valence-corrected chi connectivity index (χ0v) is 19.3. The lowest BCUT2D eigenvalue weighted by atomic mass is 10.1. The predicted molar refractivity (Wildman–Crippen MR) is 122 cm³/mol. The molecule has 1 saturated carbocycles. The molecule has 1 atom stereocenters. The highest BCUT2D eigenvalue weighted by Crippen LogP contribution is 2.23. The smallest absolute Gasteiger partial charge is 0.270 e. The quantitative estimate of drug-likeness (QED) is 0.607. The molecule has 2 aromatic heterocycles. The van der Waals surface area contributed by atoms with Crippen molar-refractivity contribution in [2.75, 3.05) is 19.8 Å². The number of carbonyl (C=O) groups excluding carboxylic acids is 2. The van der Waals surface area contributed by atoms with Crippen molar-refractivity contribution in [3.05, 3.63) is 33.8 Å². The third-order valence-electron chi connectivity index (χ3n) is 5.98. The molecule has 33 heavy (non-hydrogen) atoms. The molecular formula is C23H31N5O5. The van der Waals surface area contributed by atoms with Crippen LogP contribution in [0.25, 0.3) is 11.7 Å². The minimum Gasteiger partial charge on any atom is -0.492 e. The van der Waals surface area contributed by atoms with Gasteiger partial charge in [-0.05, 0) is 31.3 Å². The zero-order valence-electron chi connectivity index (χ0n) is 19.3. The van der Waals surface area contributed by atoms with Crippen LogP contribution in [0.2, 0.25) is 0 Å². The van der Waals surface area contributed by atoms with Gasteiger partial charge in [-0.15, -0.1) is 0 Å². The highest BCUT2D eigenvalue weighted by Gasteiger charge is 2.30. The Hall–Kier alpha value is -3.14. The number of ether oxygens (including phenoxy) is 1. The number of rotatable bonds is 7. The van der Waals surface area contributed by atoms with Gasteiger partial charge in [-0.1, -0.05) is 20.8 Å². The van der Waals surface area contributed by atoms with Gasteiger partial charge in [0.2, 0.25) is 11.8 Å². The first kappa shape index (κ1) is 23.0. The average molecular weight is 458 g/mol. The average Bonchev–Trinajstić information content (AvgIpc) is 3.50. The molecule has 2 aromatic rings. The topological polar surface area (TPSA) is 118 Å². The van der Waals surface area contributed by atoms with Crippen LogP contribution in [-0.2, 0) is 16.1 Å². The standard InChI is InChI=1S/C23H31N5O5/c1-4-17-13-33-10-9-26(17)18(29)8-5-15-11-24-28-21(15)27(12-14(2)3)22(31)19(23(28)32)20(30)25-16-6-7-16/h5,8,11,14,16-17,32H,4,6-7,9-10,12-13H2,1-3H3,(H,25,30)/b8-5+/t17-/m1/s1. The van der Waals surface area contributed by atoms with E-state index >= 15 is 0 Å². The Labute approximate surface area is 191 Å². The molecule has 178 valence electrons. The number of carbonyl (C=O) groups is 2. The summed E-state index contributed by atoms with van der Waals surface area (Å²) < 4.78 is 8.11. The molecule has 0 unspecified atom stereocenters. The van der Waals surface area contributed by atoms with Crippen LogP contribution in [0.1, 0.15) is 56.0 Å². The van der Waals surface area contributed by atoms with Gasteiger partial charge in [-0.25, -0.2) is 0 Å². The van der Waals surface area contributed by atoms with Gasteiger partial charge in [0.1, 0.15) is 5.65 Å². The van der Waals surface area contributed by atoms with Crippen molar-refractivity contribution in [2.45, 2.75) is 58.7 Å². The number of nitrogens with one attached hydrogen (secondary N) is 1. The zero-order chi connectivity index (χ0) is 23.7. The van der Waals surface area contributed by atoms with Crippen LogP contribution in [0.5, 0.6) is 5.88 Å². The third kappa shape index (κ3) is 4.66. The molecule has 3 heterocycles. The van der Waals surface area contributed by atoms with Gasteiger partial charge >= 0.3 is 0 Å². The molecule has 2 amide bonds. The Balaban J connectivity index is 1.74. The molecular weight excluding hydrogens is 426 g/mol. The summed E-state index contributed by atoms with van der Waals surface area (Å²) in [6.45, 7) is 7.79. The fourth-order valence-corrected chi connectivity index (χ4v) is 4.09. The minimum atomic E-state index is -0.597. The van der Waals surface area contributed by atoms with Crippen LogP contribution in [-0.4, -0.2) is 67.8 Å². The van der Waals surface area contributed by atoms with Gasteiger partial charge in [0.15, 0.2) is 5.56 Å². The molecule has 1 aliphatic carbocycles. The fourth-order valence-electron chi connectivity index (χ4n) is 4.09. The van der Waals surface area contributed by atoms with Gasteiger partial charge < -0.3 is 20.1 Å². The van der Waals surface area contributed by atoms with Crippen LogP contribution < -0.4 is 10.9 Å². The summed E-state index contributed by atoms with van der Waals surface area (Å²) in [5.41, 5.74) is -0.0458. The van der Waals surface area contributed by atoms with E-state index in [1.165, 1.54) is 21.4 Å². The van der Waals surface area contributed by atoms with Crippen molar-refractivity contribution in [3.8, 4) is 5.88 Å². The van der Waals surface area contributed by atoms with Gasteiger partial charge in [-0.3, -0.25) is 19.0 Å². The van der Waals surface area contributed by atoms with Crippen LogP contribution >= 0.6 is 0 Å². The molecule has 2 aliphatic rings. The molecule has 4 rings (SSSR count). The van der Waals surface area contributed by atoms with Crippen molar-refractivity contribution < 1.29 is 19.4 Å². The van der Waals surface area contributed by atoms with Crippen molar-refractivity contribution in [2.24, 2.45) is 5.92 Å². The van der Waals surface area contributed by atoms with Gasteiger partial charge in [0.25, 0.3) is 11.5 Å². The molecule has 10 heteroatoms. The molecule has 10 nitrogen and oxygen atoms in total. The Kier molecular flexibility index (Phi) is 6.55. The van der Waals surface area contributed by atoms with Gasteiger partial charge in [0, 0.05) is 30.8 Å². The molecule has 0 aromatic carbocycles. The lowest BCUT2D eigenvalue weighted by Gasteiger charge is -2.34. The van der Waals surface area contributed by atoms with E-state index in [2.05, 4.69) is 10.4 Å². The number of aromatic nitrogens is 3. The van der Waals surface area contributed by atoms with Crippen LogP contribution in [0, 0.1) is 5.92 Å². The van der Waals surface area contributed by atoms with E-state index < -0.39 is 17.3 Å². The molecule has 2 N–H and O–H groups in total. The number of aromatic hydroxyl groups is 1. The van der Waals surface area contributed by atoms with Crippen LogP contribution in [0.3, 0.4) is 0 Å². The third-order valence-corrected chi connectivity index (χ3v) is 5.98. The van der Waals surface area contributed by atoms with E-state index in [1.807, 2.05) is 20.8 Å². The van der Waals surface area contributed by atoms with Crippen molar-refractivity contribution >= 4 is 23.5 Å². The largest absolute Gasteiger partial charge is 0.492 e. The fraction of sp³-hybridized carbons (Fsp3) is 0.565. The second-order valence-electron chi connectivity index (χ2n) is 9.09. The Morgan fingerprint density at radius 3 is 2.79 bits per heavy atom. The highest BCUT2D eigenvalue weighted by molar-refractivity contribution is 5.97. The Bertz CT molecular complexity index is 1140. The maximum Gasteiger partial charge on any atom is 0.270 e.